The third-order valence-corrected chi connectivity index (χ3v) is 5.74. The molecule has 0 saturated carbocycles. The number of fused-ring (bicyclic) bond motifs is 1. The lowest BCUT2D eigenvalue weighted by Crippen LogP contribution is -2.07. The van der Waals surface area contributed by atoms with Gasteiger partial charge in [-0.05, 0) is 49.4 Å². The van der Waals surface area contributed by atoms with Crippen LogP contribution >= 0.6 is 23.2 Å². The molecule has 0 atom stereocenters. The third kappa shape index (κ3) is 3.10. The molecule has 0 bridgehead atoms. The molecule has 134 valence electrons. The molecule has 1 aliphatic rings. The van der Waals surface area contributed by atoms with Crippen LogP contribution in [0, 0.1) is 0 Å². The van der Waals surface area contributed by atoms with Crippen LogP contribution in [0.4, 0.5) is 5.82 Å². The second-order valence-electron chi connectivity index (χ2n) is 6.59. The Balaban J connectivity index is 1.90. The molecular weight excluding hydrogens is 365 g/mol. The molecule has 3 nitrogen and oxygen atoms in total. The van der Waals surface area contributed by atoms with Gasteiger partial charge in [-0.1, -0.05) is 54.4 Å². The average molecular weight is 386 g/mol. The molecule has 0 fully saturated rings. The Morgan fingerprint density at radius 1 is 1.08 bits per heavy atom. The molecule has 2 aromatic carbocycles. The van der Waals surface area contributed by atoms with E-state index in [1.165, 1.54) is 11.1 Å². The minimum atomic E-state index is 0.557. The number of hydrogen-bond acceptors (Lipinski definition) is 2. The van der Waals surface area contributed by atoms with Gasteiger partial charge in [-0.25, -0.2) is 4.68 Å². The smallest absolute Gasteiger partial charge is 0.133 e. The highest BCUT2D eigenvalue weighted by molar-refractivity contribution is 6.43. The van der Waals surface area contributed by atoms with Crippen molar-refractivity contribution in [3.8, 4) is 16.9 Å². The fourth-order valence-electron chi connectivity index (χ4n) is 3.47. The molecule has 2 heterocycles. The summed E-state index contributed by atoms with van der Waals surface area (Å²) >= 11 is 12.8. The van der Waals surface area contributed by atoms with Gasteiger partial charge < -0.3 is 5.32 Å². The van der Waals surface area contributed by atoms with E-state index in [0.29, 0.717) is 10.0 Å². The van der Waals surface area contributed by atoms with Crippen molar-refractivity contribution >= 4 is 29.0 Å². The van der Waals surface area contributed by atoms with Gasteiger partial charge in [0.05, 0.1) is 21.4 Å². The Kier molecular flexibility index (Phi) is 4.92. The summed E-state index contributed by atoms with van der Waals surface area (Å²) in [6.45, 7) is 3.12. The van der Waals surface area contributed by atoms with Gasteiger partial charge in [0.1, 0.15) is 5.82 Å². The molecule has 3 aromatic rings. The van der Waals surface area contributed by atoms with Crippen molar-refractivity contribution in [1.82, 2.24) is 9.78 Å². The Morgan fingerprint density at radius 2 is 1.88 bits per heavy atom. The fourth-order valence-corrected chi connectivity index (χ4v) is 3.86. The van der Waals surface area contributed by atoms with Gasteiger partial charge >= 0.3 is 0 Å². The Bertz CT molecular complexity index is 929. The van der Waals surface area contributed by atoms with Crippen molar-refractivity contribution in [1.29, 1.82) is 0 Å². The van der Waals surface area contributed by atoms with Crippen LogP contribution < -0.4 is 5.32 Å². The van der Waals surface area contributed by atoms with Crippen LogP contribution in [0.3, 0.4) is 0 Å². The fraction of sp³-hybridized carbons (Fsp3) is 0.286. The molecular formula is C21H21Cl2N3. The lowest BCUT2D eigenvalue weighted by atomic mass is 10.0. The Morgan fingerprint density at radius 3 is 2.65 bits per heavy atom. The van der Waals surface area contributed by atoms with E-state index >= 15 is 0 Å². The largest absolute Gasteiger partial charge is 0.370 e. The molecule has 5 heteroatoms. The number of benzene rings is 2. The summed E-state index contributed by atoms with van der Waals surface area (Å²) in [4.78, 5) is 0. The zero-order valence-electron chi connectivity index (χ0n) is 14.7. The molecule has 0 saturated heterocycles. The van der Waals surface area contributed by atoms with Gasteiger partial charge in [-0.2, -0.15) is 5.10 Å². The maximum absolute atomic E-state index is 6.50. The number of nitrogens with one attached hydrogen (secondary N) is 1. The summed E-state index contributed by atoms with van der Waals surface area (Å²) in [5, 5.41) is 9.63. The van der Waals surface area contributed by atoms with E-state index in [4.69, 9.17) is 28.3 Å². The lowest BCUT2D eigenvalue weighted by molar-refractivity contribution is 0.780. The number of aromatic nitrogens is 2. The van der Waals surface area contributed by atoms with Gasteiger partial charge in [-0.15, -0.1) is 0 Å². The SMILES string of the molecule is CCc1ccc(-n2nc(-c3cccc(Cl)c3Cl)c3c2NCCCC3)cc1. The summed E-state index contributed by atoms with van der Waals surface area (Å²) in [6, 6.07) is 14.3. The molecule has 0 unspecified atom stereocenters. The summed E-state index contributed by atoms with van der Waals surface area (Å²) in [5.74, 6) is 1.07. The van der Waals surface area contributed by atoms with Crippen LogP contribution in [0.5, 0.6) is 0 Å². The molecule has 26 heavy (non-hydrogen) atoms. The van der Waals surface area contributed by atoms with Crippen molar-refractivity contribution < 1.29 is 0 Å². The van der Waals surface area contributed by atoms with Gasteiger partial charge in [0.2, 0.25) is 0 Å². The Hall–Kier alpha value is -1.97. The normalized spacial score (nSPS) is 13.8. The van der Waals surface area contributed by atoms with Gasteiger partial charge in [0.15, 0.2) is 0 Å². The standard InChI is InChI=1S/C21H21Cl2N3/c1-2-14-9-11-15(12-10-14)26-21-17(6-3-4-13-24-21)20(25-26)16-7-5-8-18(22)19(16)23/h5,7-12,24H,2-4,6,13H2,1H3. The second kappa shape index (κ2) is 7.34. The molecule has 4 rings (SSSR count). The lowest BCUT2D eigenvalue weighted by Gasteiger charge is -2.09. The second-order valence-corrected chi connectivity index (χ2v) is 7.38. The summed E-state index contributed by atoms with van der Waals surface area (Å²) in [6.07, 6.45) is 4.28. The highest BCUT2D eigenvalue weighted by Crippen LogP contribution is 2.39. The summed E-state index contributed by atoms with van der Waals surface area (Å²) in [5.41, 5.74) is 5.39. The minimum Gasteiger partial charge on any atom is -0.370 e. The van der Waals surface area contributed by atoms with Gasteiger partial charge in [-0.3, -0.25) is 0 Å². The van der Waals surface area contributed by atoms with Crippen LogP contribution in [0.25, 0.3) is 16.9 Å². The molecule has 1 aromatic heterocycles. The topological polar surface area (TPSA) is 29.9 Å². The Labute approximate surface area is 163 Å². The number of aryl methyl sites for hydroxylation is 1. The number of halogens is 2. The molecule has 0 aliphatic carbocycles. The number of anilines is 1. The first kappa shape index (κ1) is 17.4. The quantitative estimate of drug-likeness (QED) is 0.585. The predicted molar refractivity (Wildman–Crippen MR) is 110 cm³/mol. The molecule has 0 spiro atoms. The highest BCUT2D eigenvalue weighted by Gasteiger charge is 2.23. The van der Waals surface area contributed by atoms with Gasteiger partial charge in [0, 0.05) is 17.7 Å². The van der Waals surface area contributed by atoms with E-state index in [9.17, 15) is 0 Å². The minimum absolute atomic E-state index is 0.557. The van der Waals surface area contributed by atoms with E-state index in [-0.39, 0.29) is 0 Å². The highest BCUT2D eigenvalue weighted by atomic mass is 35.5. The summed E-state index contributed by atoms with van der Waals surface area (Å²) in [7, 11) is 0. The van der Waals surface area contributed by atoms with Crippen molar-refractivity contribution in [3.05, 3.63) is 63.6 Å². The number of hydrogen-bond donors (Lipinski definition) is 1. The third-order valence-electron chi connectivity index (χ3n) is 4.93. The van der Waals surface area contributed by atoms with E-state index < -0.39 is 0 Å². The molecule has 1 N–H and O–H groups in total. The van der Waals surface area contributed by atoms with Gasteiger partial charge in [0.25, 0.3) is 0 Å². The van der Waals surface area contributed by atoms with Crippen LogP contribution in [0.1, 0.15) is 30.9 Å². The van der Waals surface area contributed by atoms with Crippen LogP contribution in [0.2, 0.25) is 10.0 Å². The monoisotopic (exact) mass is 385 g/mol. The predicted octanol–water partition coefficient (Wildman–Crippen LogP) is 6.16. The maximum Gasteiger partial charge on any atom is 0.133 e. The zero-order valence-corrected chi connectivity index (χ0v) is 16.2. The number of rotatable bonds is 3. The van der Waals surface area contributed by atoms with Crippen molar-refractivity contribution in [2.24, 2.45) is 0 Å². The van der Waals surface area contributed by atoms with Crippen molar-refractivity contribution in [2.45, 2.75) is 32.6 Å². The molecule has 0 amide bonds. The zero-order chi connectivity index (χ0) is 18.1. The first-order valence-corrected chi connectivity index (χ1v) is 9.84. The van der Waals surface area contributed by atoms with E-state index in [2.05, 4.69) is 36.5 Å². The van der Waals surface area contributed by atoms with Crippen molar-refractivity contribution in [3.63, 3.8) is 0 Å². The first-order chi connectivity index (χ1) is 12.7. The van der Waals surface area contributed by atoms with E-state index in [0.717, 1.165) is 55.0 Å². The first-order valence-electron chi connectivity index (χ1n) is 9.08. The van der Waals surface area contributed by atoms with E-state index in [1.54, 1.807) is 0 Å². The number of nitrogens with zero attached hydrogens (tertiary/aromatic N) is 2. The van der Waals surface area contributed by atoms with Crippen LogP contribution in [0.15, 0.2) is 42.5 Å². The average Bonchev–Trinajstić information content (AvgIpc) is 2.85. The van der Waals surface area contributed by atoms with Crippen molar-refractivity contribution in [2.75, 3.05) is 11.9 Å². The van der Waals surface area contributed by atoms with E-state index in [1.807, 2.05) is 22.9 Å². The molecule has 0 radical (unpaired) electrons. The summed E-state index contributed by atoms with van der Waals surface area (Å²) < 4.78 is 2.01. The maximum atomic E-state index is 6.50. The molecule has 1 aliphatic heterocycles. The van der Waals surface area contributed by atoms with Crippen LogP contribution in [-0.4, -0.2) is 16.3 Å². The van der Waals surface area contributed by atoms with Crippen LogP contribution in [-0.2, 0) is 12.8 Å².